The molecule has 0 N–H and O–H groups in total. The first-order chi connectivity index (χ1) is 31.1. The average Bonchev–Trinajstić information content (AvgIpc) is 3.55. The molecule has 5 aliphatic rings. The maximum atomic E-state index is 2.76. The van der Waals surface area contributed by atoms with Gasteiger partial charge in [-0.25, -0.2) is 0 Å². The summed E-state index contributed by atoms with van der Waals surface area (Å²) in [4.78, 5) is 5.48. The molecule has 0 amide bonds. The normalized spacial score (nSPS) is 20.4. The van der Waals surface area contributed by atoms with Gasteiger partial charge in [-0.15, -0.1) is 0 Å². The van der Waals surface area contributed by atoms with Gasteiger partial charge in [0.1, 0.15) is 0 Å². The molecule has 2 nitrogen and oxygen atoms in total. The van der Waals surface area contributed by atoms with E-state index in [2.05, 4.69) is 225 Å². The Morgan fingerprint density at radius 1 is 0.433 bits per heavy atom. The summed E-state index contributed by atoms with van der Waals surface area (Å²) >= 11 is 0. The summed E-state index contributed by atoms with van der Waals surface area (Å²) in [5.74, 6) is 0. The second kappa shape index (κ2) is 13.8. The number of nitrogens with zero attached hydrogens (tertiary/aromatic N) is 2. The Balaban J connectivity index is 1.30. The van der Waals surface area contributed by atoms with Crippen molar-refractivity contribution in [1.29, 1.82) is 0 Å². The second-order valence-electron chi connectivity index (χ2n) is 26.9. The van der Waals surface area contributed by atoms with E-state index in [1.54, 1.807) is 0 Å². The second-order valence-corrected chi connectivity index (χ2v) is 26.9. The highest BCUT2D eigenvalue weighted by atomic mass is 15.2. The van der Waals surface area contributed by atoms with Crippen molar-refractivity contribution in [2.75, 3.05) is 9.80 Å². The van der Waals surface area contributed by atoms with Crippen molar-refractivity contribution in [2.45, 2.75) is 181 Å². The standard InChI is InChI=1S/C64H75BN2/c1-38-29-44-47(63(14,15)36-62(44,12)13)34-51(38)67-53-35-46-45(59(6,7)27-28-60(46,8)9)33-49(53)65-48-25-23-41(40-21-19-18-20-22-40)30-52(48)66(54-31-42(58(3,4)5)32-55(67)57(54)65)50-26-24-43-56(39(50)2)64(16,17)37-61(43,10)11/h18-26,29-35H,27-28,36-37H2,1-17H3. The molecule has 0 fully saturated rings. The van der Waals surface area contributed by atoms with Crippen LogP contribution in [0.4, 0.5) is 34.1 Å². The molecule has 0 aromatic heterocycles. The van der Waals surface area contributed by atoms with Crippen LogP contribution in [0.15, 0.2) is 97.1 Å². The van der Waals surface area contributed by atoms with E-state index >= 15 is 0 Å². The highest BCUT2D eigenvalue weighted by Crippen LogP contribution is 2.57. The van der Waals surface area contributed by atoms with Crippen molar-refractivity contribution in [2.24, 2.45) is 0 Å². The Kier molecular flexibility index (Phi) is 9.18. The lowest BCUT2D eigenvalue weighted by molar-refractivity contribution is 0.332. The molecule has 344 valence electrons. The van der Waals surface area contributed by atoms with Gasteiger partial charge in [-0.2, -0.15) is 0 Å². The van der Waals surface area contributed by atoms with Crippen LogP contribution in [0.3, 0.4) is 0 Å². The van der Waals surface area contributed by atoms with Crippen LogP contribution in [0.1, 0.15) is 180 Å². The first-order valence-electron chi connectivity index (χ1n) is 25.6. The van der Waals surface area contributed by atoms with E-state index in [0.717, 1.165) is 12.8 Å². The molecule has 0 radical (unpaired) electrons. The summed E-state index contributed by atoms with van der Waals surface area (Å²) in [6.07, 6.45) is 4.65. The van der Waals surface area contributed by atoms with Crippen LogP contribution < -0.4 is 26.2 Å². The van der Waals surface area contributed by atoms with Gasteiger partial charge in [-0.05, 0) is 191 Å². The zero-order valence-electron chi connectivity index (χ0n) is 44.0. The first-order valence-corrected chi connectivity index (χ1v) is 25.6. The predicted octanol–water partition coefficient (Wildman–Crippen LogP) is 15.6. The zero-order valence-corrected chi connectivity index (χ0v) is 44.0. The zero-order chi connectivity index (χ0) is 47.9. The Morgan fingerprint density at radius 2 is 0.955 bits per heavy atom. The number of aryl methyl sites for hydroxylation is 1. The van der Waals surface area contributed by atoms with Crippen molar-refractivity contribution in [1.82, 2.24) is 0 Å². The largest absolute Gasteiger partial charge is 0.311 e. The third-order valence-electron chi connectivity index (χ3n) is 17.9. The molecule has 0 saturated heterocycles. The smallest absolute Gasteiger partial charge is 0.252 e. The van der Waals surface area contributed by atoms with Crippen molar-refractivity contribution >= 4 is 57.2 Å². The van der Waals surface area contributed by atoms with Gasteiger partial charge in [0.15, 0.2) is 0 Å². The molecule has 2 heterocycles. The summed E-state index contributed by atoms with van der Waals surface area (Å²) in [7, 11) is 0. The minimum atomic E-state index is -0.106. The molecule has 3 aliphatic carbocycles. The molecular formula is C64H75BN2. The number of anilines is 6. The maximum absolute atomic E-state index is 2.76. The number of benzene rings is 6. The van der Waals surface area contributed by atoms with Gasteiger partial charge >= 0.3 is 0 Å². The minimum absolute atomic E-state index is 0.0442. The molecule has 6 aromatic carbocycles. The number of hydrogen-bond donors (Lipinski definition) is 0. The summed E-state index contributed by atoms with van der Waals surface area (Å²) < 4.78 is 0. The van der Waals surface area contributed by atoms with Gasteiger partial charge in [0, 0.05) is 34.1 Å². The highest BCUT2D eigenvalue weighted by Gasteiger charge is 2.50. The van der Waals surface area contributed by atoms with Crippen LogP contribution in [0.5, 0.6) is 0 Å². The third kappa shape index (κ3) is 6.41. The first kappa shape index (κ1) is 44.5. The molecule has 0 atom stereocenters. The number of fused-ring (bicyclic) bond motifs is 7. The molecule has 11 rings (SSSR count). The van der Waals surface area contributed by atoms with E-state index in [1.165, 1.54) is 125 Å². The van der Waals surface area contributed by atoms with Crippen LogP contribution in [-0.2, 0) is 37.9 Å². The van der Waals surface area contributed by atoms with Crippen LogP contribution in [0.25, 0.3) is 11.1 Å². The predicted molar refractivity (Wildman–Crippen MR) is 291 cm³/mol. The fraction of sp³-hybridized carbons (Fsp3) is 0.438. The van der Waals surface area contributed by atoms with Crippen molar-refractivity contribution in [3.05, 3.63) is 147 Å². The van der Waals surface area contributed by atoms with Crippen molar-refractivity contribution in [3.8, 4) is 11.1 Å². The maximum Gasteiger partial charge on any atom is 0.252 e. The fourth-order valence-electron chi connectivity index (χ4n) is 14.8. The Bertz CT molecular complexity index is 3090. The SMILES string of the molecule is Cc1cc2c(cc1N1c3cc4c(cc3B3c5ccc(-c6ccccc6)cc5N(c5ccc6c(c5C)C(C)(C)CC6(C)C)c5cc(C(C)(C)C)cc1c53)C(C)(C)CCC4(C)C)C(C)(C)CC2(C)C. The van der Waals surface area contributed by atoms with Gasteiger partial charge in [-0.3, -0.25) is 0 Å². The minimum Gasteiger partial charge on any atom is -0.311 e. The van der Waals surface area contributed by atoms with Crippen LogP contribution >= 0.6 is 0 Å². The topological polar surface area (TPSA) is 6.48 Å². The lowest BCUT2D eigenvalue weighted by atomic mass is 9.33. The van der Waals surface area contributed by atoms with Crippen LogP contribution in [0, 0.1) is 13.8 Å². The lowest BCUT2D eigenvalue weighted by Crippen LogP contribution is -2.62. The summed E-state index contributed by atoms with van der Waals surface area (Å²) in [6, 6.07) is 39.3. The molecule has 0 unspecified atom stereocenters. The quantitative estimate of drug-likeness (QED) is 0.163. The fourth-order valence-corrected chi connectivity index (χ4v) is 14.8. The third-order valence-corrected chi connectivity index (χ3v) is 17.9. The summed E-state index contributed by atoms with van der Waals surface area (Å²) in [5, 5.41) is 0. The van der Waals surface area contributed by atoms with E-state index in [1.807, 2.05) is 0 Å². The molecule has 3 heteroatoms. The van der Waals surface area contributed by atoms with Gasteiger partial charge in [0.2, 0.25) is 0 Å². The van der Waals surface area contributed by atoms with Crippen molar-refractivity contribution < 1.29 is 0 Å². The monoisotopic (exact) mass is 883 g/mol. The summed E-state index contributed by atoms with van der Waals surface area (Å²) in [6.45, 7) is 41.8. The van der Waals surface area contributed by atoms with Crippen molar-refractivity contribution in [3.63, 3.8) is 0 Å². The lowest BCUT2D eigenvalue weighted by Gasteiger charge is -2.48. The number of hydrogen-bond acceptors (Lipinski definition) is 2. The Morgan fingerprint density at radius 3 is 1.58 bits per heavy atom. The molecular weight excluding hydrogens is 808 g/mol. The molecule has 0 bridgehead atoms. The van der Waals surface area contributed by atoms with E-state index in [9.17, 15) is 0 Å². The Hall–Kier alpha value is -5.02. The van der Waals surface area contributed by atoms with E-state index < -0.39 is 0 Å². The molecule has 6 aromatic rings. The molecule has 2 aliphatic heterocycles. The highest BCUT2D eigenvalue weighted by molar-refractivity contribution is 7.00. The van der Waals surface area contributed by atoms with E-state index in [0.29, 0.717) is 0 Å². The van der Waals surface area contributed by atoms with Gasteiger partial charge in [0.25, 0.3) is 6.71 Å². The molecule has 0 saturated carbocycles. The van der Waals surface area contributed by atoms with Gasteiger partial charge in [-0.1, -0.05) is 165 Å². The van der Waals surface area contributed by atoms with Crippen LogP contribution in [-0.4, -0.2) is 6.71 Å². The van der Waals surface area contributed by atoms with E-state index in [-0.39, 0.29) is 44.6 Å². The van der Waals surface area contributed by atoms with Gasteiger partial charge < -0.3 is 9.80 Å². The average molecular weight is 883 g/mol. The molecule has 0 spiro atoms. The summed E-state index contributed by atoms with van der Waals surface area (Å²) in [5.41, 5.74) is 28.2. The van der Waals surface area contributed by atoms with Crippen LogP contribution in [0.2, 0.25) is 0 Å². The molecule has 67 heavy (non-hydrogen) atoms. The number of rotatable bonds is 3. The van der Waals surface area contributed by atoms with E-state index in [4.69, 9.17) is 0 Å². The van der Waals surface area contributed by atoms with Gasteiger partial charge in [0.05, 0.1) is 0 Å². The Labute approximate surface area is 404 Å².